The van der Waals surface area contributed by atoms with Gasteiger partial charge in [-0.25, -0.2) is 14.2 Å². The Morgan fingerprint density at radius 2 is 1.43 bits per heavy atom. The van der Waals surface area contributed by atoms with Crippen LogP contribution < -0.4 is 19.3 Å². The molecule has 3 aromatic carbocycles. The summed E-state index contributed by atoms with van der Waals surface area (Å²) in [7, 11) is 3.04. The summed E-state index contributed by atoms with van der Waals surface area (Å²) in [5, 5.41) is 8.37. The monoisotopic (exact) mass is 788 g/mol. The second kappa shape index (κ2) is 14.6. The van der Waals surface area contributed by atoms with Gasteiger partial charge in [0.05, 0.1) is 47.6 Å². The van der Waals surface area contributed by atoms with Crippen molar-refractivity contribution < 1.29 is 41.3 Å². The van der Waals surface area contributed by atoms with Crippen LogP contribution in [0, 0.1) is 11.9 Å². The van der Waals surface area contributed by atoms with E-state index in [0.29, 0.717) is 24.3 Å². The molecule has 10 nitrogen and oxygen atoms in total. The Morgan fingerprint density at radius 3 is 1.93 bits per heavy atom. The normalized spacial score (nSPS) is 16.9. The summed E-state index contributed by atoms with van der Waals surface area (Å²) in [4.78, 5) is 28.4. The number of carboxylic acid groups (broad SMARTS) is 1. The van der Waals surface area contributed by atoms with Crippen molar-refractivity contribution >= 4 is 51.8 Å². The number of hydrogen-bond acceptors (Lipinski definition) is 8. The summed E-state index contributed by atoms with van der Waals surface area (Å²) in [6.45, 7) is 0.532. The highest BCUT2D eigenvalue weighted by molar-refractivity contribution is 6.35. The SMILES string of the molecule is COc1ccc(CN(Cc2ccc(OC)cc2)c2cc(Cl)c(C(F)(F)F)c(-c3c(Cl)cc4c(N5CC6CCC(C5)N6C(=O)O)nc(F)nc4c3F)n2)cc1. The number of halogens is 7. The Labute approximate surface area is 315 Å². The predicted molar refractivity (Wildman–Crippen MR) is 192 cm³/mol. The van der Waals surface area contributed by atoms with Crippen LogP contribution in [0.25, 0.3) is 22.2 Å². The van der Waals surface area contributed by atoms with Crippen molar-refractivity contribution in [1.82, 2.24) is 19.9 Å². The van der Waals surface area contributed by atoms with Crippen LogP contribution in [0.5, 0.6) is 11.5 Å². The van der Waals surface area contributed by atoms with Gasteiger partial charge in [-0.1, -0.05) is 47.5 Å². The smallest absolute Gasteiger partial charge is 0.419 e. The van der Waals surface area contributed by atoms with Crippen LogP contribution in [-0.2, 0) is 19.3 Å². The molecule has 54 heavy (non-hydrogen) atoms. The van der Waals surface area contributed by atoms with Crippen LogP contribution >= 0.6 is 23.2 Å². The summed E-state index contributed by atoms with van der Waals surface area (Å²) < 4.78 is 86.9. The number of pyridine rings is 1. The van der Waals surface area contributed by atoms with Crippen LogP contribution in [0.2, 0.25) is 10.0 Å². The van der Waals surface area contributed by atoms with Gasteiger partial charge in [0.25, 0.3) is 0 Å². The van der Waals surface area contributed by atoms with Crippen LogP contribution in [0.1, 0.15) is 29.5 Å². The van der Waals surface area contributed by atoms with Gasteiger partial charge in [0.15, 0.2) is 5.82 Å². The maximum Gasteiger partial charge on any atom is 0.419 e. The van der Waals surface area contributed by atoms with Crippen LogP contribution in [-0.4, -0.2) is 70.4 Å². The topological polar surface area (TPSA) is 104 Å². The summed E-state index contributed by atoms with van der Waals surface area (Å²) >= 11 is 13.1. The molecule has 0 radical (unpaired) electrons. The fourth-order valence-corrected chi connectivity index (χ4v) is 7.81. The fraction of sp³-hybridized carbons (Fsp3) is 0.297. The Hall–Kier alpha value is -5.15. The number of benzene rings is 3. The third kappa shape index (κ3) is 7.09. The number of carbonyl (C=O) groups is 1. The number of methoxy groups -OCH3 is 2. The Balaban J connectivity index is 1.36. The van der Waals surface area contributed by atoms with Gasteiger partial charge in [-0.05, 0) is 60.4 Å². The van der Waals surface area contributed by atoms with Gasteiger partial charge in [0.2, 0.25) is 0 Å². The minimum absolute atomic E-state index is 0.0356. The molecular weight excluding hydrogens is 758 g/mol. The fourth-order valence-electron chi connectivity index (χ4n) is 7.23. The minimum atomic E-state index is -5.12. The van der Waals surface area contributed by atoms with Crippen molar-refractivity contribution in [3.05, 3.63) is 99.3 Å². The molecule has 282 valence electrons. The van der Waals surface area contributed by atoms with Gasteiger partial charge in [0, 0.05) is 31.6 Å². The van der Waals surface area contributed by atoms with Crippen molar-refractivity contribution in [1.29, 1.82) is 0 Å². The van der Waals surface area contributed by atoms with Crippen molar-refractivity contribution in [3.8, 4) is 22.8 Å². The average molecular weight is 790 g/mol. The van der Waals surface area contributed by atoms with E-state index in [1.54, 1.807) is 58.3 Å². The second-order valence-electron chi connectivity index (χ2n) is 13.0. The Morgan fingerprint density at radius 1 is 0.870 bits per heavy atom. The van der Waals surface area contributed by atoms with Crippen molar-refractivity contribution in [2.75, 3.05) is 37.1 Å². The number of ether oxygens (including phenoxy) is 2. The lowest BCUT2D eigenvalue weighted by Crippen LogP contribution is -2.55. The van der Waals surface area contributed by atoms with E-state index in [1.165, 1.54) is 25.2 Å². The van der Waals surface area contributed by atoms with Gasteiger partial charge in [-0.3, -0.25) is 4.90 Å². The van der Waals surface area contributed by atoms with E-state index >= 15 is 8.78 Å². The van der Waals surface area contributed by atoms with E-state index in [1.807, 2.05) is 0 Å². The number of anilines is 2. The minimum Gasteiger partial charge on any atom is -0.497 e. The maximum absolute atomic E-state index is 16.8. The molecule has 2 aliphatic heterocycles. The van der Waals surface area contributed by atoms with Crippen molar-refractivity contribution in [2.24, 2.45) is 0 Å². The predicted octanol–water partition coefficient (Wildman–Crippen LogP) is 8.85. The van der Waals surface area contributed by atoms with E-state index in [0.717, 1.165) is 17.2 Å². The lowest BCUT2D eigenvalue weighted by molar-refractivity contribution is -0.137. The molecule has 17 heteroatoms. The molecule has 2 unspecified atom stereocenters. The number of hydrogen-bond donors (Lipinski definition) is 1. The molecule has 2 atom stereocenters. The molecule has 5 aromatic rings. The maximum atomic E-state index is 16.8. The van der Waals surface area contributed by atoms with E-state index in [-0.39, 0.29) is 43.2 Å². The largest absolute Gasteiger partial charge is 0.497 e. The van der Waals surface area contributed by atoms with Crippen LogP contribution in [0.15, 0.2) is 60.7 Å². The highest BCUT2D eigenvalue weighted by Gasteiger charge is 2.44. The van der Waals surface area contributed by atoms with Gasteiger partial charge in [-0.15, -0.1) is 0 Å². The first-order valence-electron chi connectivity index (χ1n) is 16.7. The van der Waals surface area contributed by atoms with E-state index in [4.69, 9.17) is 32.7 Å². The highest BCUT2D eigenvalue weighted by Crippen LogP contribution is 2.47. The highest BCUT2D eigenvalue weighted by atomic mass is 35.5. The third-order valence-corrected chi connectivity index (χ3v) is 10.3. The lowest BCUT2D eigenvalue weighted by Gasteiger charge is -2.40. The molecule has 2 bridgehead atoms. The molecule has 7 rings (SSSR count). The van der Waals surface area contributed by atoms with Crippen molar-refractivity contribution in [3.63, 3.8) is 0 Å². The van der Waals surface area contributed by atoms with E-state index < -0.39 is 68.6 Å². The molecule has 0 spiro atoms. The zero-order valence-corrected chi connectivity index (χ0v) is 30.2. The van der Waals surface area contributed by atoms with Gasteiger partial charge in [-0.2, -0.15) is 27.5 Å². The van der Waals surface area contributed by atoms with E-state index in [2.05, 4.69) is 15.0 Å². The quantitative estimate of drug-likeness (QED) is 0.116. The summed E-state index contributed by atoms with van der Waals surface area (Å²) in [6.07, 6.45) is -6.41. The molecular formula is C37H31Cl2F5N6O4. The summed E-state index contributed by atoms with van der Waals surface area (Å²) in [5.74, 6) is -0.272. The molecule has 1 amide bonds. The summed E-state index contributed by atoms with van der Waals surface area (Å²) in [6, 6.07) is 15.4. The number of fused-ring (bicyclic) bond motifs is 3. The third-order valence-electron chi connectivity index (χ3n) is 9.71. The number of piperazine rings is 1. The molecule has 2 aromatic heterocycles. The summed E-state index contributed by atoms with van der Waals surface area (Å²) in [5.41, 5.74) is -2.29. The Bertz CT molecular complexity index is 2170. The Kier molecular flexibility index (Phi) is 10.0. The van der Waals surface area contributed by atoms with Crippen LogP contribution in [0.3, 0.4) is 0 Å². The molecule has 0 saturated carbocycles. The molecule has 2 fully saturated rings. The first kappa shape index (κ1) is 37.2. The zero-order chi connectivity index (χ0) is 38.5. The molecule has 4 heterocycles. The molecule has 0 aliphatic carbocycles. The first-order chi connectivity index (χ1) is 25.7. The van der Waals surface area contributed by atoms with Gasteiger partial charge < -0.3 is 24.4 Å². The molecule has 2 saturated heterocycles. The molecule has 2 aliphatic rings. The molecule has 1 N–H and O–H groups in total. The average Bonchev–Trinajstić information content (AvgIpc) is 3.41. The lowest BCUT2D eigenvalue weighted by atomic mass is 10.0. The van der Waals surface area contributed by atoms with Crippen LogP contribution in [0.4, 0.5) is 38.4 Å². The zero-order valence-electron chi connectivity index (χ0n) is 28.7. The number of amides is 1. The first-order valence-corrected chi connectivity index (χ1v) is 17.4. The van der Waals surface area contributed by atoms with E-state index in [9.17, 15) is 23.1 Å². The number of alkyl halides is 3. The number of nitrogens with zero attached hydrogens (tertiary/aromatic N) is 6. The number of rotatable bonds is 9. The van der Waals surface area contributed by atoms with Crippen molar-refractivity contribution in [2.45, 2.75) is 44.2 Å². The van der Waals surface area contributed by atoms with Gasteiger partial charge in [0.1, 0.15) is 34.2 Å². The number of aromatic nitrogens is 3. The second-order valence-corrected chi connectivity index (χ2v) is 13.8. The standard InChI is InChI=1S/C37H31Cl2F5N6O4/c1-53-23-9-3-19(4-10-23)15-48(16-20-5-11-24(54-2)12-6-20)28-14-27(39)30(37(42,43)44)33(45-28)29-26(38)13-25-32(31(29)40)46-35(41)47-34(25)49-17-21-7-8-22(18-49)50(21)36(51)52/h3-6,9-14,21-22H,7-8,15-18H2,1-2H3,(H,51,52). The van der Waals surface area contributed by atoms with Gasteiger partial charge >= 0.3 is 18.3 Å².